The Labute approximate surface area is 117 Å². The average molecular weight is 265 g/mol. The van der Waals surface area contributed by atoms with Gasteiger partial charge in [-0.1, -0.05) is 18.2 Å². The molecule has 0 spiro atoms. The van der Waals surface area contributed by atoms with Gasteiger partial charge in [0.2, 0.25) is 0 Å². The van der Waals surface area contributed by atoms with Gasteiger partial charge in [0.15, 0.2) is 5.82 Å². The topological polar surface area (TPSA) is 69.6 Å². The predicted molar refractivity (Wildman–Crippen MR) is 78.5 cm³/mol. The Bertz CT molecular complexity index is 760. The van der Waals surface area contributed by atoms with Gasteiger partial charge < -0.3 is 5.73 Å². The van der Waals surface area contributed by atoms with Crippen molar-refractivity contribution in [1.29, 1.82) is 0 Å². The van der Waals surface area contributed by atoms with Crippen LogP contribution in [0.3, 0.4) is 0 Å². The molecule has 2 aromatic heterocycles. The number of hydrogen-bond acceptors (Lipinski definition) is 4. The number of rotatable bonds is 2. The van der Waals surface area contributed by atoms with Gasteiger partial charge in [0.25, 0.3) is 0 Å². The van der Waals surface area contributed by atoms with Crippen LogP contribution in [0.5, 0.6) is 0 Å². The third kappa shape index (κ3) is 2.14. The number of nitrogens with two attached hydrogens (primary N) is 1. The average Bonchev–Trinajstić information content (AvgIpc) is 2.92. The highest BCUT2D eigenvalue weighted by molar-refractivity contribution is 5.75. The van der Waals surface area contributed by atoms with E-state index in [1.165, 1.54) is 0 Å². The maximum Gasteiger partial charge on any atom is 0.172 e. The summed E-state index contributed by atoms with van der Waals surface area (Å²) in [5.41, 5.74) is 10.5. The van der Waals surface area contributed by atoms with E-state index in [9.17, 15) is 0 Å². The minimum Gasteiger partial charge on any atom is -0.398 e. The van der Waals surface area contributed by atoms with Gasteiger partial charge in [-0.25, -0.2) is 9.67 Å². The predicted octanol–water partition coefficient (Wildman–Crippen LogP) is 2.53. The Morgan fingerprint density at radius 3 is 2.60 bits per heavy atom. The second-order valence-corrected chi connectivity index (χ2v) is 4.66. The molecule has 0 radical (unpaired) electrons. The number of nitrogen functional groups attached to an aromatic ring is 1. The standard InChI is InChI=1S/C15H15N5/c1-10-11(2)19-15(8-17-10)20-9-12(7-18-20)13-5-3-4-6-14(13)16/h3-9H,16H2,1-2H3. The first-order chi connectivity index (χ1) is 9.65. The zero-order valence-electron chi connectivity index (χ0n) is 11.4. The van der Waals surface area contributed by atoms with Crippen molar-refractivity contribution in [3.05, 3.63) is 54.2 Å². The van der Waals surface area contributed by atoms with Crippen LogP contribution in [0.2, 0.25) is 0 Å². The molecule has 3 rings (SSSR count). The van der Waals surface area contributed by atoms with Crippen LogP contribution in [0.1, 0.15) is 11.4 Å². The number of para-hydroxylation sites is 1. The van der Waals surface area contributed by atoms with Crippen LogP contribution in [-0.2, 0) is 0 Å². The zero-order valence-corrected chi connectivity index (χ0v) is 11.4. The van der Waals surface area contributed by atoms with Crippen LogP contribution in [0.15, 0.2) is 42.9 Å². The van der Waals surface area contributed by atoms with Gasteiger partial charge in [-0.2, -0.15) is 5.10 Å². The lowest BCUT2D eigenvalue weighted by Crippen LogP contribution is -2.02. The van der Waals surface area contributed by atoms with E-state index in [2.05, 4.69) is 15.1 Å². The molecular formula is C15H15N5. The lowest BCUT2D eigenvalue weighted by Gasteiger charge is -2.03. The second kappa shape index (κ2) is 4.77. The lowest BCUT2D eigenvalue weighted by atomic mass is 10.1. The van der Waals surface area contributed by atoms with Crippen LogP contribution < -0.4 is 5.73 Å². The summed E-state index contributed by atoms with van der Waals surface area (Å²) >= 11 is 0. The monoisotopic (exact) mass is 265 g/mol. The number of anilines is 1. The third-order valence-electron chi connectivity index (χ3n) is 3.27. The van der Waals surface area contributed by atoms with Crippen LogP contribution in [0.25, 0.3) is 16.9 Å². The van der Waals surface area contributed by atoms with Gasteiger partial charge in [0.1, 0.15) is 0 Å². The number of benzene rings is 1. The Kier molecular flexibility index (Phi) is 2.95. The molecule has 2 N–H and O–H groups in total. The molecule has 0 saturated carbocycles. The fraction of sp³-hybridized carbons (Fsp3) is 0.133. The highest BCUT2D eigenvalue weighted by atomic mass is 15.3. The molecule has 0 atom stereocenters. The zero-order chi connectivity index (χ0) is 14.1. The molecular weight excluding hydrogens is 250 g/mol. The van der Waals surface area contributed by atoms with Gasteiger partial charge in [-0.15, -0.1) is 0 Å². The molecule has 0 amide bonds. The van der Waals surface area contributed by atoms with Crippen molar-refractivity contribution in [3.8, 4) is 16.9 Å². The van der Waals surface area contributed by atoms with E-state index in [0.717, 1.165) is 28.2 Å². The van der Waals surface area contributed by atoms with Crippen molar-refractivity contribution in [2.24, 2.45) is 0 Å². The van der Waals surface area contributed by atoms with E-state index >= 15 is 0 Å². The largest absolute Gasteiger partial charge is 0.398 e. The molecule has 2 heterocycles. The summed E-state index contributed by atoms with van der Waals surface area (Å²) in [7, 11) is 0. The second-order valence-electron chi connectivity index (χ2n) is 4.66. The van der Waals surface area contributed by atoms with E-state index in [0.29, 0.717) is 5.82 Å². The third-order valence-corrected chi connectivity index (χ3v) is 3.27. The van der Waals surface area contributed by atoms with Gasteiger partial charge in [0, 0.05) is 23.0 Å². The summed E-state index contributed by atoms with van der Waals surface area (Å²) in [5, 5.41) is 4.33. The van der Waals surface area contributed by atoms with Gasteiger partial charge in [0.05, 0.1) is 23.8 Å². The summed E-state index contributed by atoms with van der Waals surface area (Å²) in [5.74, 6) is 0.703. The van der Waals surface area contributed by atoms with E-state index in [1.807, 2.05) is 44.3 Å². The van der Waals surface area contributed by atoms with E-state index in [-0.39, 0.29) is 0 Å². The van der Waals surface area contributed by atoms with E-state index in [4.69, 9.17) is 5.73 Å². The number of aryl methyl sites for hydroxylation is 2. The molecule has 0 saturated heterocycles. The molecule has 0 aliphatic rings. The molecule has 100 valence electrons. The Hall–Kier alpha value is -2.69. The Balaban J connectivity index is 2.02. The van der Waals surface area contributed by atoms with Crippen LogP contribution >= 0.6 is 0 Å². The SMILES string of the molecule is Cc1ncc(-n2cc(-c3ccccc3N)cn2)nc1C. The lowest BCUT2D eigenvalue weighted by molar-refractivity contribution is 0.824. The summed E-state index contributed by atoms with van der Waals surface area (Å²) in [6, 6.07) is 7.72. The molecule has 0 aliphatic carbocycles. The maximum atomic E-state index is 5.98. The number of aromatic nitrogens is 4. The molecule has 0 fully saturated rings. The first-order valence-corrected chi connectivity index (χ1v) is 6.35. The number of hydrogen-bond donors (Lipinski definition) is 1. The van der Waals surface area contributed by atoms with E-state index in [1.54, 1.807) is 17.1 Å². The normalized spacial score (nSPS) is 10.7. The fourth-order valence-corrected chi connectivity index (χ4v) is 1.99. The quantitative estimate of drug-likeness (QED) is 0.723. The summed E-state index contributed by atoms with van der Waals surface area (Å²) in [6.07, 6.45) is 5.40. The Morgan fingerprint density at radius 1 is 1.05 bits per heavy atom. The summed E-state index contributed by atoms with van der Waals surface area (Å²) in [4.78, 5) is 8.79. The molecule has 20 heavy (non-hydrogen) atoms. The minimum absolute atomic E-state index is 0.703. The van der Waals surface area contributed by atoms with Gasteiger partial charge in [-0.3, -0.25) is 4.98 Å². The highest BCUT2D eigenvalue weighted by Crippen LogP contribution is 2.25. The maximum absolute atomic E-state index is 5.98. The van der Waals surface area contributed by atoms with Crippen molar-refractivity contribution in [2.45, 2.75) is 13.8 Å². The van der Waals surface area contributed by atoms with Crippen molar-refractivity contribution >= 4 is 5.69 Å². The van der Waals surface area contributed by atoms with Crippen molar-refractivity contribution in [2.75, 3.05) is 5.73 Å². The fourth-order valence-electron chi connectivity index (χ4n) is 1.99. The first-order valence-electron chi connectivity index (χ1n) is 6.35. The number of nitrogens with zero attached hydrogens (tertiary/aromatic N) is 4. The molecule has 3 aromatic rings. The van der Waals surface area contributed by atoms with E-state index < -0.39 is 0 Å². The summed E-state index contributed by atoms with van der Waals surface area (Å²) in [6.45, 7) is 3.87. The Morgan fingerprint density at radius 2 is 1.85 bits per heavy atom. The molecule has 0 aliphatic heterocycles. The van der Waals surface area contributed by atoms with Crippen molar-refractivity contribution in [3.63, 3.8) is 0 Å². The summed E-state index contributed by atoms with van der Waals surface area (Å²) < 4.78 is 1.71. The molecule has 0 bridgehead atoms. The first kappa shape index (κ1) is 12.3. The van der Waals surface area contributed by atoms with Crippen LogP contribution in [0, 0.1) is 13.8 Å². The minimum atomic E-state index is 0.703. The molecule has 5 heteroatoms. The van der Waals surface area contributed by atoms with Gasteiger partial charge in [-0.05, 0) is 19.9 Å². The van der Waals surface area contributed by atoms with Crippen LogP contribution in [0.4, 0.5) is 5.69 Å². The molecule has 0 unspecified atom stereocenters. The van der Waals surface area contributed by atoms with Gasteiger partial charge >= 0.3 is 0 Å². The molecule has 1 aromatic carbocycles. The van der Waals surface area contributed by atoms with Crippen LogP contribution in [-0.4, -0.2) is 19.7 Å². The highest BCUT2D eigenvalue weighted by Gasteiger charge is 2.07. The molecule has 5 nitrogen and oxygen atoms in total. The smallest absolute Gasteiger partial charge is 0.172 e. The van der Waals surface area contributed by atoms with Crippen molar-refractivity contribution < 1.29 is 0 Å². The van der Waals surface area contributed by atoms with Crippen molar-refractivity contribution in [1.82, 2.24) is 19.7 Å².